The number of rotatable bonds is 2. The van der Waals surface area contributed by atoms with Crippen LogP contribution in [0.25, 0.3) is 0 Å². The van der Waals surface area contributed by atoms with E-state index in [2.05, 4.69) is 16.4 Å². The summed E-state index contributed by atoms with van der Waals surface area (Å²) in [4.78, 5) is 6.31. The molecule has 1 aromatic heterocycles. The van der Waals surface area contributed by atoms with Gasteiger partial charge >= 0.3 is 0 Å². The topological polar surface area (TPSA) is 28.2 Å². The minimum atomic E-state index is -1.11. The van der Waals surface area contributed by atoms with Gasteiger partial charge in [0.1, 0.15) is 16.6 Å². The maximum atomic E-state index is 13.9. The van der Waals surface area contributed by atoms with Gasteiger partial charge in [-0.3, -0.25) is 0 Å². The maximum Gasteiger partial charge on any atom is 0.131 e. The van der Waals surface area contributed by atoms with E-state index in [9.17, 15) is 4.39 Å². The summed E-state index contributed by atoms with van der Waals surface area (Å²) < 4.78 is 13.9. The SMILES string of the molecule is CC1(F)CCN(c2cc(C3CNC3)cc(Cl)n2)C1. The lowest BCUT2D eigenvalue weighted by molar-refractivity contribution is 0.221. The lowest BCUT2D eigenvalue weighted by Gasteiger charge is -2.28. The Morgan fingerprint density at radius 2 is 2.28 bits per heavy atom. The molecule has 1 aromatic rings. The van der Waals surface area contributed by atoms with Gasteiger partial charge in [-0.25, -0.2) is 9.37 Å². The Labute approximate surface area is 111 Å². The van der Waals surface area contributed by atoms with Crippen molar-refractivity contribution >= 4 is 17.4 Å². The van der Waals surface area contributed by atoms with Gasteiger partial charge in [0.05, 0.1) is 6.54 Å². The third kappa shape index (κ3) is 2.31. The van der Waals surface area contributed by atoms with Crippen molar-refractivity contribution < 1.29 is 4.39 Å². The summed E-state index contributed by atoms with van der Waals surface area (Å²) in [6, 6.07) is 3.97. The second-order valence-electron chi connectivity index (χ2n) is 5.52. The first-order valence-electron chi connectivity index (χ1n) is 6.36. The van der Waals surface area contributed by atoms with E-state index < -0.39 is 5.67 Å². The largest absolute Gasteiger partial charge is 0.353 e. The van der Waals surface area contributed by atoms with E-state index in [0.717, 1.165) is 18.9 Å². The average molecular weight is 270 g/mol. The Morgan fingerprint density at radius 1 is 1.50 bits per heavy atom. The molecule has 0 radical (unpaired) electrons. The van der Waals surface area contributed by atoms with Gasteiger partial charge in [0.15, 0.2) is 0 Å². The van der Waals surface area contributed by atoms with Crippen LogP contribution in [0.2, 0.25) is 5.15 Å². The van der Waals surface area contributed by atoms with Crippen LogP contribution in [0.1, 0.15) is 24.8 Å². The van der Waals surface area contributed by atoms with Crippen molar-refractivity contribution in [3.8, 4) is 0 Å². The summed E-state index contributed by atoms with van der Waals surface area (Å²) in [6.07, 6.45) is 0.557. The van der Waals surface area contributed by atoms with Crippen LogP contribution < -0.4 is 10.2 Å². The molecule has 98 valence electrons. The van der Waals surface area contributed by atoms with Crippen molar-refractivity contribution in [3.05, 3.63) is 22.8 Å². The van der Waals surface area contributed by atoms with Crippen LogP contribution >= 0.6 is 11.6 Å². The second kappa shape index (κ2) is 4.35. The van der Waals surface area contributed by atoms with Crippen molar-refractivity contribution in [1.82, 2.24) is 10.3 Å². The molecular weight excluding hydrogens is 253 g/mol. The predicted octanol–water partition coefficient (Wildman–Crippen LogP) is 2.36. The van der Waals surface area contributed by atoms with Crippen LogP contribution in [0.5, 0.6) is 0 Å². The molecule has 3 heterocycles. The van der Waals surface area contributed by atoms with Gasteiger partial charge in [0.2, 0.25) is 0 Å². The van der Waals surface area contributed by atoms with Gasteiger partial charge in [0, 0.05) is 32.0 Å². The van der Waals surface area contributed by atoms with Gasteiger partial charge in [-0.15, -0.1) is 0 Å². The van der Waals surface area contributed by atoms with Gasteiger partial charge in [0.25, 0.3) is 0 Å². The first-order valence-corrected chi connectivity index (χ1v) is 6.73. The van der Waals surface area contributed by atoms with Crippen molar-refractivity contribution in [1.29, 1.82) is 0 Å². The summed E-state index contributed by atoms with van der Waals surface area (Å²) in [5, 5.41) is 3.75. The Kier molecular flexibility index (Phi) is 2.94. The van der Waals surface area contributed by atoms with Crippen LogP contribution in [-0.2, 0) is 0 Å². The highest BCUT2D eigenvalue weighted by Gasteiger charge is 2.34. The zero-order valence-electron chi connectivity index (χ0n) is 10.4. The number of aromatic nitrogens is 1. The second-order valence-corrected chi connectivity index (χ2v) is 5.91. The van der Waals surface area contributed by atoms with Crippen LogP contribution in [0.15, 0.2) is 12.1 Å². The molecule has 1 unspecified atom stereocenters. The lowest BCUT2D eigenvalue weighted by atomic mass is 9.94. The summed E-state index contributed by atoms with van der Waals surface area (Å²) in [5.41, 5.74) is 0.0959. The van der Waals surface area contributed by atoms with E-state index in [1.165, 1.54) is 5.56 Å². The first kappa shape index (κ1) is 12.2. The molecule has 3 rings (SSSR count). The predicted molar refractivity (Wildman–Crippen MR) is 71.2 cm³/mol. The van der Waals surface area contributed by atoms with Gasteiger partial charge in [-0.05, 0) is 24.6 Å². The number of alkyl halides is 1. The minimum absolute atomic E-state index is 0.405. The summed E-state index contributed by atoms with van der Waals surface area (Å²) in [5.74, 6) is 1.33. The monoisotopic (exact) mass is 269 g/mol. The maximum absolute atomic E-state index is 13.9. The van der Waals surface area contributed by atoms with Gasteiger partial charge < -0.3 is 10.2 Å². The van der Waals surface area contributed by atoms with E-state index in [-0.39, 0.29) is 0 Å². The molecular formula is C13H17ClFN3. The molecule has 0 aliphatic carbocycles. The molecule has 2 saturated heterocycles. The molecule has 0 bridgehead atoms. The molecule has 2 fully saturated rings. The quantitative estimate of drug-likeness (QED) is 0.836. The zero-order valence-corrected chi connectivity index (χ0v) is 11.2. The van der Waals surface area contributed by atoms with Crippen LogP contribution in [0.4, 0.5) is 10.2 Å². The number of nitrogens with zero attached hydrogens (tertiary/aromatic N) is 2. The number of halogens is 2. The highest BCUT2D eigenvalue weighted by Crippen LogP contribution is 2.31. The normalized spacial score (nSPS) is 28.5. The molecule has 0 aromatic carbocycles. The fraction of sp³-hybridized carbons (Fsp3) is 0.615. The van der Waals surface area contributed by atoms with Crippen molar-refractivity contribution in [2.45, 2.75) is 24.9 Å². The molecule has 2 aliphatic rings. The Morgan fingerprint density at radius 3 is 2.83 bits per heavy atom. The number of pyridine rings is 1. The van der Waals surface area contributed by atoms with E-state index in [0.29, 0.717) is 30.6 Å². The number of nitrogens with one attached hydrogen (secondary N) is 1. The molecule has 0 saturated carbocycles. The molecule has 0 amide bonds. The third-order valence-electron chi connectivity index (χ3n) is 3.80. The number of hydrogen-bond donors (Lipinski definition) is 1. The van der Waals surface area contributed by atoms with Crippen molar-refractivity contribution in [3.63, 3.8) is 0 Å². The fourth-order valence-corrected chi connectivity index (χ4v) is 2.76. The summed E-state index contributed by atoms with van der Waals surface area (Å²) in [7, 11) is 0. The fourth-order valence-electron chi connectivity index (χ4n) is 2.54. The average Bonchev–Trinajstić information content (AvgIpc) is 2.55. The Balaban J connectivity index is 1.85. The smallest absolute Gasteiger partial charge is 0.131 e. The molecule has 3 nitrogen and oxygen atoms in total. The van der Waals surface area contributed by atoms with Gasteiger partial charge in [-0.1, -0.05) is 11.6 Å². The van der Waals surface area contributed by atoms with E-state index in [4.69, 9.17) is 11.6 Å². The molecule has 5 heteroatoms. The Bertz CT molecular complexity index is 460. The van der Waals surface area contributed by atoms with E-state index in [1.807, 2.05) is 11.0 Å². The van der Waals surface area contributed by atoms with Crippen molar-refractivity contribution in [2.24, 2.45) is 0 Å². The zero-order chi connectivity index (χ0) is 12.8. The summed E-state index contributed by atoms with van der Waals surface area (Å²) in [6.45, 7) is 4.74. The van der Waals surface area contributed by atoms with Gasteiger partial charge in [-0.2, -0.15) is 0 Å². The van der Waals surface area contributed by atoms with Crippen molar-refractivity contribution in [2.75, 3.05) is 31.1 Å². The highest BCUT2D eigenvalue weighted by molar-refractivity contribution is 6.29. The van der Waals surface area contributed by atoms with E-state index >= 15 is 0 Å². The van der Waals surface area contributed by atoms with Crippen LogP contribution in [0.3, 0.4) is 0 Å². The summed E-state index contributed by atoms with van der Waals surface area (Å²) >= 11 is 6.07. The number of anilines is 1. The third-order valence-corrected chi connectivity index (χ3v) is 4.00. The first-order chi connectivity index (χ1) is 8.53. The standard InChI is InChI=1S/C13H17ClFN3/c1-13(15)2-3-18(8-13)12-5-9(4-11(14)17-12)10-6-16-7-10/h4-5,10,16H,2-3,6-8H2,1H3. The minimum Gasteiger partial charge on any atom is -0.353 e. The van der Waals surface area contributed by atoms with Crippen LogP contribution in [-0.4, -0.2) is 36.8 Å². The van der Waals surface area contributed by atoms with Crippen LogP contribution in [0, 0.1) is 0 Å². The van der Waals surface area contributed by atoms with E-state index in [1.54, 1.807) is 6.92 Å². The number of hydrogen-bond acceptors (Lipinski definition) is 3. The molecule has 1 atom stereocenters. The lowest BCUT2D eigenvalue weighted by Crippen LogP contribution is -2.40. The molecule has 0 spiro atoms. The molecule has 2 aliphatic heterocycles. The molecule has 18 heavy (non-hydrogen) atoms. The Hall–Kier alpha value is -0.870. The highest BCUT2D eigenvalue weighted by atomic mass is 35.5. The molecule has 1 N–H and O–H groups in total.